The lowest BCUT2D eigenvalue weighted by molar-refractivity contribution is -0.131. The molecule has 0 bridgehead atoms. The highest BCUT2D eigenvalue weighted by Crippen LogP contribution is 2.30. The first-order valence-electron chi connectivity index (χ1n) is 12.4. The second kappa shape index (κ2) is 11.4. The van der Waals surface area contributed by atoms with Crippen molar-refractivity contribution in [3.05, 3.63) is 48.0 Å². The van der Waals surface area contributed by atoms with Crippen molar-refractivity contribution in [3.8, 4) is 0 Å². The molecule has 1 saturated carbocycles. The molecule has 0 heterocycles. The van der Waals surface area contributed by atoms with Crippen molar-refractivity contribution < 1.29 is 22.8 Å². The fourth-order valence-corrected chi connectivity index (χ4v) is 6.12. The number of rotatable bonds is 11. The molecule has 196 valence electrons. The Morgan fingerprint density at radius 1 is 0.972 bits per heavy atom. The van der Waals surface area contributed by atoms with Gasteiger partial charge in [0, 0.05) is 31.0 Å². The first-order chi connectivity index (χ1) is 16.8. The van der Waals surface area contributed by atoms with Crippen LogP contribution in [0.4, 0.5) is 0 Å². The van der Waals surface area contributed by atoms with E-state index < -0.39 is 38.5 Å². The van der Waals surface area contributed by atoms with Crippen LogP contribution in [-0.2, 0) is 30.8 Å². The van der Waals surface area contributed by atoms with Gasteiger partial charge < -0.3 is 16.0 Å². The monoisotopic (exact) mass is 515 g/mol. The molecule has 2 aromatic rings. The normalized spacial score (nSPS) is 15.7. The maximum Gasteiger partial charge on any atom is 0.224 e. The van der Waals surface area contributed by atoms with Gasteiger partial charge in [-0.1, -0.05) is 42.5 Å². The fourth-order valence-electron chi connectivity index (χ4n) is 4.17. The molecule has 3 rings (SSSR count). The summed E-state index contributed by atoms with van der Waals surface area (Å²) < 4.78 is 25.2. The van der Waals surface area contributed by atoms with Crippen LogP contribution in [0.25, 0.3) is 10.8 Å². The van der Waals surface area contributed by atoms with Crippen LogP contribution in [0.15, 0.2) is 42.5 Å². The zero-order valence-corrected chi connectivity index (χ0v) is 22.3. The predicted octanol–water partition coefficient (Wildman–Crippen LogP) is 2.85. The Morgan fingerprint density at radius 2 is 1.64 bits per heavy atom. The van der Waals surface area contributed by atoms with Crippen LogP contribution in [0, 0.1) is 5.92 Å². The molecule has 0 spiro atoms. The van der Waals surface area contributed by atoms with E-state index in [1.165, 1.54) is 0 Å². The van der Waals surface area contributed by atoms with Crippen molar-refractivity contribution in [2.24, 2.45) is 5.92 Å². The minimum Gasteiger partial charge on any atom is -0.353 e. The fraction of sp³-hybridized carbons (Fsp3) is 0.519. The van der Waals surface area contributed by atoms with E-state index in [-0.39, 0.29) is 30.4 Å². The van der Waals surface area contributed by atoms with Gasteiger partial charge in [-0.3, -0.25) is 14.4 Å². The van der Waals surface area contributed by atoms with Crippen molar-refractivity contribution in [3.63, 3.8) is 0 Å². The van der Waals surface area contributed by atoms with Gasteiger partial charge >= 0.3 is 0 Å². The number of carbonyl (C=O) groups is 3. The molecule has 36 heavy (non-hydrogen) atoms. The van der Waals surface area contributed by atoms with Gasteiger partial charge in [0.2, 0.25) is 17.7 Å². The molecule has 3 amide bonds. The quantitative estimate of drug-likeness (QED) is 0.425. The van der Waals surface area contributed by atoms with Crippen molar-refractivity contribution in [2.75, 3.05) is 5.75 Å². The highest BCUT2D eigenvalue weighted by Gasteiger charge is 2.39. The Morgan fingerprint density at radius 3 is 2.31 bits per heavy atom. The Bertz CT molecular complexity index is 1210. The first kappa shape index (κ1) is 27.6. The summed E-state index contributed by atoms with van der Waals surface area (Å²) in [5.41, 5.74) is 0.497. The smallest absolute Gasteiger partial charge is 0.224 e. The van der Waals surface area contributed by atoms with Crippen molar-refractivity contribution in [1.82, 2.24) is 16.0 Å². The Labute approximate surface area is 213 Å². The zero-order valence-electron chi connectivity index (χ0n) is 21.5. The van der Waals surface area contributed by atoms with E-state index in [0.717, 1.165) is 16.3 Å². The molecule has 1 aliphatic rings. The third kappa shape index (κ3) is 8.33. The van der Waals surface area contributed by atoms with Crippen LogP contribution in [0.3, 0.4) is 0 Å². The molecule has 0 radical (unpaired) electrons. The predicted molar refractivity (Wildman–Crippen MR) is 141 cm³/mol. The summed E-state index contributed by atoms with van der Waals surface area (Å²) in [6, 6.07) is 13.3. The maximum atomic E-state index is 13.0. The van der Waals surface area contributed by atoms with E-state index in [1.54, 1.807) is 6.92 Å². The van der Waals surface area contributed by atoms with Crippen molar-refractivity contribution in [1.29, 1.82) is 0 Å². The molecule has 0 unspecified atom stereocenters. The largest absolute Gasteiger partial charge is 0.353 e. The number of amides is 3. The van der Waals surface area contributed by atoms with Gasteiger partial charge in [0.05, 0.1) is 16.9 Å². The highest BCUT2D eigenvalue weighted by atomic mass is 32.2. The summed E-state index contributed by atoms with van der Waals surface area (Å²) >= 11 is 0. The molecule has 2 aromatic carbocycles. The van der Waals surface area contributed by atoms with E-state index in [0.29, 0.717) is 19.4 Å². The van der Waals surface area contributed by atoms with E-state index >= 15 is 0 Å². The first-order valence-corrected chi connectivity index (χ1v) is 14.1. The number of sulfone groups is 1. The van der Waals surface area contributed by atoms with Crippen LogP contribution in [0.2, 0.25) is 0 Å². The molecule has 2 atom stereocenters. The number of benzene rings is 2. The second-order valence-corrected chi connectivity index (χ2v) is 13.1. The third-order valence-corrected chi connectivity index (χ3v) is 8.37. The lowest BCUT2D eigenvalue weighted by atomic mass is 10.0. The van der Waals surface area contributed by atoms with Crippen LogP contribution >= 0.6 is 0 Å². The lowest BCUT2D eigenvalue weighted by Crippen LogP contribution is -2.46. The molecule has 0 aromatic heterocycles. The average Bonchev–Trinajstić information content (AvgIpc) is 3.62. The van der Waals surface area contributed by atoms with Gasteiger partial charge in [0.1, 0.15) is 0 Å². The van der Waals surface area contributed by atoms with Crippen molar-refractivity contribution in [2.45, 2.75) is 76.8 Å². The molecule has 3 N–H and O–H groups in total. The summed E-state index contributed by atoms with van der Waals surface area (Å²) in [7, 11) is -3.46. The summed E-state index contributed by atoms with van der Waals surface area (Å²) in [5, 5.41) is 10.2. The second-order valence-electron chi connectivity index (χ2n) is 10.8. The van der Waals surface area contributed by atoms with Gasteiger partial charge in [0.25, 0.3) is 0 Å². The average molecular weight is 516 g/mol. The maximum absolute atomic E-state index is 13.0. The van der Waals surface area contributed by atoms with E-state index in [2.05, 4.69) is 16.0 Å². The van der Waals surface area contributed by atoms with Crippen molar-refractivity contribution >= 4 is 38.3 Å². The number of carbonyl (C=O) groups excluding carboxylic acids is 3. The molecule has 1 fully saturated rings. The Kier molecular flexibility index (Phi) is 8.76. The Hall–Kier alpha value is -2.94. The number of nitrogens with one attached hydrogen (secondary N) is 3. The van der Waals surface area contributed by atoms with Gasteiger partial charge in [-0.05, 0) is 56.9 Å². The van der Waals surface area contributed by atoms with Gasteiger partial charge in [-0.15, -0.1) is 0 Å². The van der Waals surface area contributed by atoms with Gasteiger partial charge in [-0.2, -0.15) is 0 Å². The Balaban J connectivity index is 1.57. The minimum atomic E-state index is -3.46. The number of fused-ring (bicyclic) bond motifs is 1. The number of hydrogen-bond acceptors (Lipinski definition) is 5. The lowest BCUT2D eigenvalue weighted by Gasteiger charge is -2.24. The highest BCUT2D eigenvalue weighted by molar-refractivity contribution is 7.92. The van der Waals surface area contributed by atoms with E-state index in [9.17, 15) is 22.8 Å². The third-order valence-electron chi connectivity index (χ3n) is 6.02. The molecular weight excluding hydrogens is 478 g/mol. The van der Waals surface area contributed by atoms with Gasteiger partial charge in [0.15, 0.2) is 9.84 Å². The summed E-state index contributed by atoms with van der Waals surface area (Å²) in [6.45, 7) is 7.51. The van der Waals surface area contributed by atoms with E-state index in [4.69, 9.17) is 0 Å². The molecule has 0 saturated heterocycles. The number of hydrogen-bond donors (Lipinski definition) is 3. The molecule has 8 nitrogen and oxygen atoms in total. The summed E-state index contributed by atoms with van der Waals surface area (Å²) in [6.07, 6.45) is 0.998. The van der Waals surface area contributed by atoms with E-state index in [1.807, 2.05) is 63.2 Å². The van der Waals surface area contributed by atoms with Crippen LogP contribution < -0.4 is 16.0 Å². The molecular formula is C27H37N3O5S. The minimum absolute atomic E-state index is 0.0345. The topological polar surface area (TPSA) is 121 Å². The van der Waals surface area contributed by atoms with Crippen LogP contribution in [0.5, 0.6) is 0 Å². The standard InChI is InChI=1S/C27H37N3O5S/c1-18(14-24(31)28-16-20-10-7-9-19-8-5-6-11-23(19)20)29-26(33)21(15-25(32)30-27(2,3)4)17-36(34,35)22-12-13-22/h5-11,18,21-22H,12-17H2,1-4H3,(H,28,31)(H,29,33)(H,30,32)/t18-,21+/m0/s1. The van der Waals surface area contributed by atoms with Gasteiger partial charge in [-0.25, -0.2) is 8.42 Å². The molecule has 9 heteroatoms. The van der Waals surface area contributed by atoms with Crippen LogP contribution in [0.1, 0.15) is 58.9 Å². The molecule has 0 aliphatic heterocycles. The van der Waals surface area contributed by atoms with Crippen LogP contribution in [-0.4, -0.2) is 48.7 Å². The SMILES string of the molecule is C[C@@H](CC(=O)NCc1cccc2ccccc12)NC(=O)[C@H](CC(=O)NC(C)(C)C)CS(=O)(=O)C1CC1. The zero-order chi connectivity index (χ0) is 26.5. The summed E-state index contributed by atoms with van der Waals surface area (Å²) in [4.78, 5) is 38.0. The molecule has 1 aliphatic carbocycles. The summed E-state index contributed by atoms with van der Waals surface area (Å²) in [5.74, 6) is -2.53.